The van der Waals surface area contributed by atoms with E-state index in [1.54, 1.807) is 11.3 Å². The van der Waals surface area contributed by atoms with Gasteiger partial charge in [-0.25, -0.2) is 4.98 Å². The lowest BCUT2D eigenvalue weighted by Gasteiger charge is -1.96. The zero-order chi connectivity index (χ0) is 10.8. The van der Waals surface area contributed by atoms with Crippen LogP contribution in [0, 0.1) is 0 Å². The molecule has 0 bridgehead atoms. The van der Waals surface area contributed by atoms with E-state index in [0.717, 1.165) is 11.1 Å². The number of aromatic nitrogens is 1. The molecule has 1 aromatic carbocycles. The van der Waals surface area contributed by atoms with Crippen molar-refractivity contribution < 1.29 is 5.11 Å². The van der Waals surface area contributed by atoms with Gasteiger partial charge in [-0.1, -0.05) is 19.9 Å². The van der Waals surface area contributed by atoms with Crippen molar-refractivity contribution in [2.45, 2.75) is 26.2 Å². The predicted molar refractivity (Wildman–Crippen MR) is 64.5 cm³/mol. The Morgan fingerprint density at radius 1 is 1.40 bits per heavy atom. The SMILES string of the molecule is CC(C)c1nc2cc(CCO)ccc2s1. The summed E-state index contributed by atoms with van der Waals surface area (Å²) in [7, 11) is 0. The third kappa shape index (κ3) is 2.19. The first-order valence-electron chi connectivity index (χ1n) is 5.21. The summed E-state index contributed by atoms with van der Waals surface area (Å²) < 4.78 is 1.24. The highest BCUT2D eigenvalue weighted by atomic mass is 32.1. The van der Waals surface area contributed by atoms with Gasteiger partial charge >= 0.3 is 0 Å². The number of aliphatic hydroxyl groups excluding tert-OH is 1. The van der Waals surface area contributed by atoms with Gasteiger partial charge in [-0.15, -0.1) is 11.3 Å². The number of hydrogen-bond donors (Lipinski definition) is 1. The van der Waals surface area contributed by atoms with Crippen LogP contribution in [-0.4, -0.2) is 16.7 Å². The average molecular weight is 221 g/mol. The van der Waals surface area contributed by atoms with Crippen molar-refractivity contribution in [3.05, 3.63) is 28.8 Å². The van der Waals surface area contributed by atoms with Gasteiger partial charge in [0.2, 0.25) is 0 Å². The standard InChI is InChI=1S/C12H15NOS/c1-8(2)12-13-10-7-9(5-6-14)3-4-11(10)15-12/h3-4,7-8,14H,5-6H2,1-2H3. The lowest BCUT2D eigenvalue weighted by Crippen LogP contribution is -1.89. The average Bonchev–Trinajstić information content (AvgIpc) is 2.61. The van der Waals surface area contributed by atoms with Crippen LogP contribution in [0.25, 0.3) is 10.2 Å². The van der Waals surface area contributed by atoms with E-state index in [0.29, 0.717) is 12.3 Å². The Morgan fingerprint density at radius 3 is 2.87 bits per heavy atom. The molecule has 1 heterocycles. The highest BCUT2D eigenvalue weighted by molar-refractivity contribution is 7.18. The Labute approximate surface area is 93.6 Å². The van der Waals surface area contributed by atoms with E-state index in [-0.39, 0.29) is 6.61 Å². The van der Waals surface area contributed by atoms with Gasteiger partial charge in [-0.3, -0.25) is 0 Å². The minimum absolute atomic E-state index is 0.201. The number of thiazole rings is 1. The van der Waals surface area contributed by atoms with Gasteiger partial charge in [0.05, 0.1) is 15.2 Å². The summed E-state index contributed by atoms with van der Waals surface area (Å²) in [5.74, 6) is 0.490. The summed E-state index contributed by atoms with van der Waals surface area (Å²) in [6, 6.07) is 6.25. The molecular weight excluding hydrogens is 206 g/mol. The molecule has 0 unspecified atom stereocenters. The lowest BCUT2D eigenvalue weighted by molar-refractivity contribution is 0.299. The number of hydrogen-bond acceptors (Lipinski definition) is 3. The first kappa shape index (κ1) is 10.6. The maximum absolute atomic E-state index is 8.87. The Hall–Kier alpha value is -0.930. The molecule has 80 valence electrons. The highest BCUT2D eigenvalue weighted by Crippen LogP contribution is 2.27. The van der Waals surface area contributed by atoms with E-state index in [4.69, 9.17) is 5.11 Å². The Bertz CT molecular complexity index is 462. The van der Waals surface area contributed by atoms with Crippen molar-refractivity contribution in [3.8, 4) is 0 Å². The molecule has 0 saturated heterocycles. The van der Waals surface area contributed by atoms with Crippen molar-refractivity contribution in [3.63, 3.8) is 0 Å². The highest BCUT2D eigenvalue weighted by Gasteiger charge is 2.07. The van der Waals surface area contributed by atoms with Crippen LogP contribution >= 0.6 is 11.3 Å². The second kappa shape index (κ2) is 4.29. The van der Waals surface area contributed by atoms with E-state index >= 15 is 0 Å². The van der Waals surface area contributed by atoms with Gasteiger partial charge in [-0.05, 0) is 24.1 Å². The van der Waals surface area contributed by atoms with Crippen LogP contribution in [0.2, 0.25) is 0 Å². The van der Waals surface area contributed by atoms with Gasteiger partial charge in [0.25, 0.3) is 0 Å². The Kier molecular flexibility index (Phi) is 3.03. The van der Waals surface area contributed by atoms with E-state index in [9.17, 15) is 0 Å². The third-order valence-electron chi connectivity index (χ3n) is 2.36. The summed E-state index contributed by atoms with van der Waals surface area (Å²) in [4.78, 5) is 4.59. The number of rotatable bonds is 3. The first-order chi connectivity index (χ1) is 7.20. The summed E-state index contributed by atoms with van der Waals surface area (Å²) in [6.07, 6.45) is 0.713. The third-order valence-corrected chi connectivity index (χ3v) is 3.70. The molecule has 0 aliphatic carbocycles. The smallest absolute Gasteiger partial charge is 0.0963 e. The molecule has 1 N–H and O–H groups in total. The zero-order valence-corrected chi connectivity index (χ0v) is 9.84. The molecule has 2 nitrogen and oxygen atoms in total. The second-order valence-electron chi connectivity index (χ2n) is 3.98. The summed E-state index contributed by atoms with van der Waals surface area (Å²) in [5.41, 5.74) is 2.22. The Balaban J connectivity index is 2.43. The van der Waals surface area contributed by atoms with E-state index in [2.05, 4.69) is 37.0 Å². The van der Waals surface area contributed by atoms with E-state index in [1.165, 1.54) is 9.71 Å². The van der Waals surface area contributed by atoms with Crippen molar-refractivity contribution in [1.82, 2.24) is 4.98 Å². The maximum Gasteiger partial charge on any atom is 0.0963 e. The van der Waals surface area contributed by atoms with Crippen molar-refractivity contribution in [2.75, 3.05) is 6.61 Å². The van der Waals surface area contributed by atoms with Crippen LogP contribution in [0.3, 0.4) is 0 Å². The Morgan fingerprint density at radius 2 is 2.20 bits per heavy atom. The van der Waals surface area contributed by atoms with Crippen molar-refractivity contribution >= 4 is 21.6 Å². The molecule has 0 spiro atoms. The number of nitrogens with zero attached hydrogens (tertiary/aromatic N) is 1. The van der Waals surface area contributed by atoms with Crippen molar-refractivity contribution in [2.24, 2.45) is 0 Å². The molecule has 2 rings (SSSR count). The van der Waals surface area contributed by atoms with Gasteiger partial charge in [-0.2, -0.15) is 0 Å². The molecule has 0 aliphatic rings. The summed E-state index contributed by atoms with van der Waals surface area (Å²) >= 11 is 1.76. The minimum atomic E-state index is 0.201. The molecule has 0 amide bonds. The topological polar surface area (TPSA) is 33.1 Å². The van der Waals surface area contributed by atoms with Gasteiger partial charge in [0.15, 0.2) is 0 Å². The van der Waals surface area contributed by atoms with E-state index < -0.39 is 0 Å². The molecule has 2 aromatic rings. The second-order valence-corrected chi connectivity index (χ2v) is 5.04. The van der Waals surface area contributed by atoms with Crippen LogP contribution in [0.15, 0.2) is 18.2 Å². The van der Waals surface area contributed by atoms with E-state index in [1.807, 2.05) is 0 Å². The molecular formula is C12H15NOS. The molecule has 0 fully saturated rings. The molecule has 15 heavy (non-hydrogen) atoms. The fourth-order valence-electron chi connectivity index (χ4n) is 1.52. The maximum atomic E-state index is 8.87. The zero-order valence-electron chi connectivity index (χ0n) is 9.03. The number of aliphatic hydroxyl groups is 1. The van der Waals surface area contributed by atoms with Crippen LogP contribution in [0.5, 0.6) is 0 Å². The fraction of sp³-hybridized carbons (Fsp3) is 0.417. The molecule has 0 saturated carbocycles. The molecule has 3 heteroatoms. The molecule has 1 aromatic heterocycles. The lowest BCUT2D eigenvalue weighted by atomic mass is 10.1. The van der Waals surface area contributed by atoms with Gasteiger partial charge in [0.1, 0.15) is 0 Å². The van der Waals surface area contributed by atoms with Crippen LogP contribution < -0.4 is 0 Å². The number of benzene rings is 1. The minimum Gasteiger partial charge on any atom is -0.396 e. The molecule has 0 radical (unpaired) electrons. The molecule has 0 atom stereocenters. The quantitative estimate of drug-likeness (QED) is 0.864. The normalized spacial score (nSPS) is 11.5. The van der Waals surface area contributed by atoms with Crippen LogP contribution in [0.1, 0.15) is 30.3 Å². The molecule has 0 aliphatic heterocycles. The van der Waals surface area contributed by atoms with Crippen LogP contribution in [-0.2, 0) is 6.42 Å². The summed E-state index contributed by atoms with van der Waals surface area (Å²) in [5, 5.41) is 10.1. The largest absolute Gasteiger partial charge is 0.396 e. The fourth-order valence-corrected chi connectivity index (χ4v) is 2.47. The van der Waals surface area contributed by atoms with Crippen LogP contribution in [0.4, 0.5) is 0 Å². The van der Waals surface area contributed by atoms with Crippen molar-refractivity contribution in [1.29, 1.82) is 0 Å². The van der Waals surface area contributed by atoms with Gasteiger partial charge < -0.3 is 5.11 Å². The van der Waals surface area contributed by atoms with Gasteiger partial charge in [0, 0.05) is 12.5 Å². The number of fused-ring (bicyclic) bond motifs is 1. The first-order valence-corrected chi connectivity index (χ1v) is 6.02. The summed E-state index contributed by atoms with van der Waals surface area (Å²) in [6.45, 7) is 4.52. The predicted octanol–water partition coefficient (Wildman–Crippen LogP) is 2.95. The monoisotopic (exact) mass is 221 g/mol.